The Labute approximate surface area is 147 Å². The molecule has 2 rings (SSSR count). The zero-order valence-electron chi connectivity index (χ0n) is 15.5. The minimum absolute atomic E-state index is 0.197. The van der Waals surface area contributed by atoms with E-state index in [-0.39, 0.29) is 12.1 Å². The SMILES string of the molecule is CC(C)(C)OC(=O)N[C@@H](CCc1ccccc1)CC1CCCCC1. The third-order valence-electron chi connectivity index (χ3n) is 4.69. The highest BCUT2D eigenvalue weighted by Crippen LogP contribution is 2.28. The van der Waals surface area contributed by atoms with E-state index in [1.165, 1.54) is 37.7 Å². The van der Waals surface area contributed by atoms with Crippen molar-refractivity contribution < 1.29 is 9.53 Å². The van der Waals surface area contributed by atoms with Crippen LogP contribution in [0.3, 0.4) is 0 Å². The first kappa shape index (κ1) is 18.8. The highest BCUT2D eigenvalue weighted by atomic mass is 16.6. The van der Waals surface area contributed by atoms with Crippen LogP contribution in [0.15, 0.2) is 30.3 Å². The molecule has 0 heterocycles. The molecular formula is C21H33NO2. The van der Waals surface area contributed by atoms with Crippen LogP contribution < -0.4 is 5.32 Å². The second-order valence-electron chi connectivity index (χ2n) is 8.11. The van der Waals surface area contributed by atoms with E-state index in [0.29, 0.717) is 0 Å². The summed E-state index contributed by atoms with van der Waals surface area (Å²) in [5.41, 5.74) is 0.885. The highest BCUT2D eigenvalue weighted by Gasteiger charge is 2.23. The average Bonchev–Trinajstić information content (AvgIpc) is 2.53. The summed E-state index contributed by atoms with van der Waals surface area (Å²) in [6.07, 6.45) is 9.40. The molecule has 1 atom stereocenters. The Morgan fingerprint density at radius 2 is 1.83 bits per heavy atom. The summed E-state index contributed by atoms with van der Waals surface area (Å²) < 4.78 is 5.46. The number of carbonyl (C=O) groups is 1. The number of alkyl carbamates (subject to hydrolysis) is 1. The summed E-state index contributed by atoms with van der Waals surface area (Å²) in [4.78, 5) is 12.2. The van der Waals surface area contributed by atoms with Gasteiger partial charge in [0, 0.05) is 6.04 Å². The Balaban J connectivity index is 1.90. The number of benzene rings is 1. The van der Waals surface area contributed by atoms with Gasteiger partial charge in [0.2, 0.25) is 0 Å². The van der Waals surface area contributed by atoms with Crippen LogP contribution in [0.2, 0.25) is 0 Å². The van der Waals surface area contributed by atoms with Gasteiger partial charge in [-0.3, -0.25) is 0 Å². The van der Waals surface area contributed by atoms with E-state index in [4.69, 9.17) is 4.74 Å². The fourth-order valence-electron chi connectivity index (χ4n) is 3.53. The van der Waals surface area contributed by atoms with Gasteiger partial charge in [-0.1, -0.05) is 62.4 Å². The van der Waals surface area contributed by atoms with Crippen LogP contribution in [0.1, 0.15) is 71.3 Å². The smallest absolute Gasteiger partial charge is 0.407 e. The van der Waals surface area contributed by atoms with Gasteiger partial charge in [-0.15, -0.1) is 0 Å². The molecule has 0 aromatic heterocycles. The maximum absolute atomic E-state index is 12.2. The van der Waals surface area contributed by atoms with E-state index in [1.54, 1.807) is 0 Å². The Morgan fingerprint density at radius 3 is 2.46 bits per heavy atom. The molecule has 3 nitrogen and oxygen atoms in total. The van der Waals surface area contributed by atoms with Crippen LogP contribution >= 0.6 is 0 Å². The normalized spacial score (nSPS) is 17.3. The molecule has 1 amide bonds. The minimum Gasteiger partial charge on any atom is -0.444 e. The predicted molar refractivity (Wildman–Crippen MR) is 99.1 cm³/mol. The van der Waals surface area contributed by atoms with Crippen LogP contribution in [0.5, 0.6) is 0 Å². The molecule has 0 radical (unpaired) electrons. The molecule has 1 N–H and O–H groups in total. The number of nitrogens with one attached hydrogen (secondary N) is 1. The fraction of sp³-hybridized carbons (Fsp3) is 0.667. The van der Waals surface area contributed by atoms with E-state index in [9.17, 15) is 4.79 Å². The molecule has 1 aromatic carbocycles. The predicted octanol–water partition coefficient (Wildman–Crippen LogP) is 5.48. The van der Waals surface area contributed by atoms with Gasteiger partial charge >= 0.3 is 6.09 Å². The first-order valence-electron chi connectivity index (χ1n) is 9.46. The van der Waals surface area contributed by atoms with Crippen molar-refractivity contribution in [2.75, 3.05) is 0 Å². The number of rotatable bonds is 6. The second-order valence-corrected chi connectivity index (χ2v) is 8.11. The van der Waals surface area contributed by atoms with Crippen LogP contribution in [-0.2, 0) is 11.2 Å². The van der Waals surface area contributed by atoms with E-state index in [2.05, 4.69) is 29.6 Å². The molecule has 1 aliphatic rings. The van der Waals surface area contributed by atoms with E-state index < -0.39 is 5.60 Å². The summed E-state index contributed by atoms with van der Waals surface area (Å²) in [5, 5.41) is 3.13. The van der Waals surface area contributed by atoms with Crippen LogP contribution in [-0.4, -0.2) is 17.7 Å². The van der Waals surface area contributed by atoms with Gasteiger partial charge < -0.3 is 10.1 Å². The Hall–Kier alpha value is -1.51. The maximum Gasteiger partial charge on any atom is 0.407 e. The van der Waals surface area contributed by atoms with E-state index in [0.717, 1.165) is 25.2 Å². The second kappa shape index (κ2) is 9.10. The van der Waals surface area contributed by atoms with Gasteiger partial charge in [0.1, 0.15) is 5.60 Å². The zero-order chi connectivity index (χ0) is 17.4. The van der Waals surface area contributed by atoms with Gasteiger partial charge in [-0.25, -0.2) is 4.79 Å². The quantitative estimate of drug-likeness (QED) is 0.749. The molecule has 24 heavy (non-hydrogen) atoms. The van der Waals surface area contributed by atoms with Crippen molar-refractivity contribution in [3.63, 3.8) is 0 Å². The van der Waals surface area contributed by atoms with Crippen LogP contribution in [0, 0.1) is 5.92 Å². The Bertz CT molecular complexity index is 486. The standard InChI is InChI=1S/C21H33NO2/c1-21(2,3)24-20(23)22-19(16-18-12-8-5-9-13-18)15-14-17-10-6-4-7-11-17/h4,6-7,10-11,18-19H,5,8-9,12-16H2,1-3H3,(H,22,23)/t19-/m0/s1. The first-order valence-corrected chi connectivity index (χ1v) is 9.46. The van der Waals surface area contributed by atoms with Crippen LogP contribution in [0.25, 0.3) is 0 Å². The summed E-state index contributed by atoms with van der Waals surface area (Å²) in [7, 11) is 0. The van der Waals surface area contributed by atoms with Crippen molar-refractivity contribution in [3.05, 3.63) is 35.9 Å². The lowest BCUT2D eigenvalue weighted by molar-refractivity contribution is 0.0492. The molecule has 134 valence electrons. The van der Waals surface area contributed by atoms with E-state index in [1.807, 2.05) is 26.8 Å². The highest BCUT2D eigenvalue weighted by molar-refractivity contribution is 5.68. The lowest BCUT2D eigenvalue weighted by Crippen LogP contribution is -2.40. The van der Waals surface area contributed by atoms with Gasteiger partial charge in [0.05, 0.1) is 0 Å². The molecule has 0 bridgehead atoms. The third-order valence-corrected chi connectivity index (χ3v) is 4.69. The van der Waals surface area contributed by atoms with Gasteiger partial charge in [0.15, 0.2) is 0 Å². The zero-order valence-corrected chi connectivity index (χ0v) is 15.5. The molecule has 3 heteroatoms. The summed E-state index contributed by atoms with van der Waals surface area (Å²) in [5.74, 6) is 0.745. The lowest BCUT2D eigenvalue weighted by atomic mass is 9.83. The number of ether oxygens (including phenoxy) is 1. The molecule has 0 aliphatic heterocycles. The monoisotopic (exact) mass is 331 g/mol. The van der Waals surface area contributed by atoms with Crippen molar-refractivity contribution in [2.24, 2.45) is 5.92 Å². The first-order chi connectivity index (χ1) is 11.4. The minimum atomic E-state index is -0.446. The van der Waals surface area contributed by atoms with Crippen molar-refractivity contribution in [3.8, 4) is 0 Å². The summed E-state index contributed by atoms with van der Waals surface area (Å²) in [6, 6.07) is 10.7. The molecular weight excluding hydrogens is 298 g/mol. The molecule has 0 spiro atoms. The largest absolute Gasteiger partial charge is 0.444 e. The number of hydrogen-bond acceptors (Lipinski definition) is 2. The Morgan fingerprint density at radius 1 is 1.17 bits per heavy atom. The van der Waals surface area contributed by atoms with Gasteiger partial charge in [-0.05, 0) is 51.5 Å². The molecule has 1 aromatic rings. The molecule has 1 fully saturated rings. The van der Waals surface area contributed by atoms with Gasteiger partial charge in [-0.2, -0.15) is 0 Å². The van der Waals surface area contributed by atoms with Crippen LogP contribution in [0.4, 0.5) is 4.79 Å². The summed E-state index contributed by atoms with van der Waals surface area (Å²) >= 11 is 0. The van der Waals surface area contributed by atoms with Crippen molar-refractivity contribution in [2.45, 2.75) is 83.8 Å². The third kappa shape index (κ3) is 7.37. The molecule has 1 saturated carbocycles. The topological polar surface area (TPSA) is 38.3 Å². The molecule has 0 saturated heterocycles. The number of carbonyl (C=O) groups excluding carboxylic acids is 1. The average molecular weight is 332 g/mol. The van der Waals surface area contributed by atoms with Gasteiger partial charge in [0.25, 0.3) is 0 Å². The molecule has 0 unspecified atom stereocenters. The Kier molecular flexibility index (Phi) is 7.14. The molecule has 1 aliphatic carbocycles. The van der Waals surface area contributed by atoms with Crippen molar-refractivity contribution in [1.29, 1.82) is 0 Å². The van der Waals surface area contributed by atoms with Crippen molar-refractivity contribution >= 4 is 6.09 Å². The fourth-order valence-corrected chi connectivity index (χ4v) is 3.53. The lowest BCUT2D eigenvalue weighted by Gasteiger charge is -2.28. The van der Waals surface area contributed by atoms with Crippen molar-refractivity contribution in [1.82, 2.24) is 5.32 Å². The van der Waals surface area contributed by atoms with E-state index >= 15 is 0 Å². The number of aryl methyl sites for hydroxylation is 1. The number of amides is 1. The number of hydrogen-bond donors (Lipinski definition) is 1. The summed E-state index contributed by atoms with van der Waals surface area (Å²) in [6.45, 7) is 5.73. The maximum atomic E-state index is 12.2.